The Morgan fingerprint density at radius 3 is 2.37 bits per heavy atom. The van der Waals surface area contributed by atoms with Crippen LogP contribution in [-0.4, -0.2) is 31.7 Å². The maximum atomic E-state index is 12.0. The summed E-state index contributed by atoms with van der Waals surface area (Å²) in [6.45, 7) is 0.0477. The zero-order valence-electron chi connectivity index (χ0n) is 16.4. The van der Waals surface area contributed by atoms with Crippen molar-refractivity contribution in [1.29, 1.82) is 0 Å². The number of anilines is 1. The van der Waals surface area contributed by atoms with E-state index in [0.29, 0.717) is 17.1 Å². The summed E-state index contributed by atoms with van der Waals surface area (Å²) < 4.78 is 10.5. The fraction of sp³-hybridized carbons (Fsp3) is 0.0870. The van der Waals surface area contributed by atoms with Crippen LogP contribution in [0.4, 0.5) is 5.69 Å². The monoisotopic (exact) mass is 403 g/mol. The molecule has 0 aliphatic heterocycles. The molecule has 2 N–H and O–H groups in total. The Balaban J connectivity index is 1.47. The number of para-hydroxylation sites is 2. The molecule has 3 rings (SSSR count). The van der Waals surface area contributed by atoms with Crippen molar-refractivity contribution < 1.29 is 19.1 Å². The van der Waals surface area contributed by atoms with Crippen LogP contribution in [0.15, 0.2) is 84.0 Å². The second kappa shape index (κ2) is 10.4. The number of hydrogen-bond donors (Lipinski definition) is 2. The largest absolute Gasteiger partial charge is 0.495 e. The molecule has 30 heavy (non-hydrogen) atoms. The van der Waals surface area contributed by atoms with Gasteiger partial charge >= 0.3 is 5.97 Å². The fourth-order valence-corrected chi connectivity index (χ4v) is 2.55. The smallest absolute Gasteiger partial charge is 0.343 e. The molecule has 0 bridgehead atoms. The lowest BCUT2D eigenvalue weighted by molar-refractivity contribution is -0.119. The lowest BCUT2D eigenvalue weighted by Gasteiger charge is -2.09. The Morgan fingerprint density at radius 1 is 0.933 bits per heavy atom. The highest BCUT2D eigenvalue weighted by molar-refractivity contribution is 5.91. The summed E-state index contributed by atoms with van der Waals surface area (Å²) in [4.78, 5) is 24.0. The van der Waals surface area contributed by atoms with Gasteiger partial charge in [-0.2, -0.15) is 5.10 Å². The lowest BCUT2D eigenvalue weighted by Crippen LogP contribution is -2.26. The highest BCUT2D eigenvalue weighted by Gasteiger charge is 2.07. The van der Waals surface area contributed by atoms with E-state index in [9.17, 15) is 9.59 Å². The molecule has 3 aromatic rings. The number of carbonyl (C=O) groups excluding carboxylic acids is 2. The van der Waals surface area contributed by atoms with Gasteiger partial charge in [0.05, 0.1) is 31.1 Å². The first-order valence-electron chi connectivity index (χ1n) is 9.22. The molecule has 0 aliphatic carbocycles. The van der Waals surface area contributed by atoms with Gasteiger partial charge in [-0.1, -0.05) is 30.3 Å². The van der Waals surface area contributed by atoms with Crippen molar-refractivity contribution in [3.8, 4) is 11.5 Å². The van der Waals surface area contributed by atoms with Crippen molar-refractivity contribution >= 4 is 23.8 Å². The number of ether oxygens (including phenoxy) is 2. The van der Waals surface area contributed by atoms with Crippen molar-refractivity contribution in [3.63, 3.8) is 0 Å². The third-order valence-electron chi connectivity index (χ3n) is 4.05. The second-order valence-electron chi connectivity index (χ2n) is 6.17. The van der Waals surface area contributed by atoms with Gasteiger partial charge in [0.25, 0.3) is 5.91 Å². The standard InChI is InChI=1S/C23H21N3O4/c1-29-21-10-6-5-9-20(21)24-16-22(27)26-25-15-17-11-13-19(14-12-17)30-23(28)18-7-3-2-4-8-18/h2-15,24H,16H2,1H3,(H,26,27)/b25-15+. The molecule has 7 nitrogen and oxygen atoms in total. The molecule has 152 valence electrons. The molecule has 0 saturated heterocycles. The highest BCUT2D eigenvalue weighted by atomic mass is 16.5. The molecule has 0 spiro atoms. The van der Waals surface area contributed by atoms with Crippen LogP contribution in [0.1, 0.15) is 15.9 Å². The van der Waals surface area contributed by atoms with Crippen LogP contribution >= 0.6 is 0 Å². The first kappa shape index (κ1) is 20.6. The van der Waals surface area contributed by atoms with Crippen LogP contribution < -0.4 is 20.2 Å². The van der Waals surface area contributed by atoms with Gasteiger partial charge in [-0.25, -0.2) is 10.2 Å². The van der Waals surface area contributed by atoms with E-state index in [0.717, 1.165) is 11.3 Å². The average molecular weight is 403 g/mol. The minimum Gasteiger partial charge on any atom is -0.495 e. The molecule has 1 amide bonds. The van der Waals surface area contributed by atoms with Crippen LogP contribution in [0.5, 0.6) is 11.5 Å². The van der Waals surface area contributed by atoms with Gasteiger partial charge in [0, 0.05) is 0 Å². The van der Waals surface area contributed by atoms with Crippen LogP contribution in [0.3, 0.4) is 0 Å². The number of nitrogens with zero attached hydrogens (tertiary/aromatic N) is 1. The topological polar surface area (TPSA) is 89.0 Å². The summed E-state index contributed by atoms with van der Waals surface area (Å²) in [6, 6.07) is 22.9. The molecular weight excluding hydrogens is 382 g/mol. The Morgan fingerprint density at radius 2 is 1.63 bits per heavy atom. The third kappa shape index (κ3) is 5.93. The van der Waals surface area contributed by atoms with Gasteiger partial charge in [-0.3, -0.25) is 4.79 Å². The second-order valence-corrected chi connectivity index (χ2v) is 6.17. The molecule has 0 aliphatic rings. The molecule has 0 radical (unpaired) electrons. The number of methoxy groups -OCH3 is 1. The third-order valence-corrected chi connectivity index (χ3v) is 4.05. The Labute approximate surface area is 174 Å². The van der Waals surface area contributed by atoms with E-state index in [-0.39, 0.29) is 12.5 Å². The zero-order chi connectivity index (χ0) is 21.2. The predicted molar refractivity (Wildman–Crippen MR) is 115 cm³/mol. The molecule has 0 atom stereocenters. The van der Waals surface area contributed by atoms with Crippen molar-refractivity contribution in [2.45, 2.75) is 0 Å². The fourth-order valence-electron chi connectivity index (χ4n) is 2.55. The molecule has 0 unspecified atom stereocenters. The van der Waals surface area contributed by atoms with E-state index in [1.54, 1.807) is 61.7 Å². The van der Waals surface area contributed by atoms with E-state index in [4.69, 9.17) is 9.47 Å². The Hall–Kier alpha value is -4.13. The molecule has 3 aromatic carbocycles. The van der Waals surface area contributed by atoms with E-state index in [1.165, 1.54) is 6.21 Å². The summed E-state index contributed by atoms with van der Waals surface area (Å²) >= 11 is 0. The van der Waals surface area contributed by atoms with Crippen molar-refractivity contribution in [1.82, 2.24) is 5.43 Å². The summed E-state index contributed by atoms with van der Waals surface area (Å²) in [5, 5.41) is 6.92. The van der Waals surface area contributed by atoms with Gasteiger partial charge < -0.3 is 14.8 Å². The zero-order valence-corrected chi connectivity index (χ0v) is 16.4. The Kier molecular flexibility index (Phi) is 7.16. The van der Waals surface area contributed by atoms with Crippen LogP contribution in [0.2, 0.25) is 0 Å². The van der Waals surface area contributed by atoms with Crippen molar-refractivity contribution in [2.24, 2.45) is 5.10 Å². The van der Waals surface area contributed by atoms with E-state index >= 15 is 0 Å². The molecule has 0 aromatic heterocycles. The van der Waals surface area contributed by atoms with Crippen molar-refractivity contribution in [2.75, 3.05) is 19.0 Å². The number of nitrogens with one attached hydrogen (secondary N) is 2. The predicted octanol–water partition coefficient (Wildman–Crippen LogP) is 3.48. The molecule has 0 fully saturated rings. The van der Waals surface area contributed by atoms with Crippen LogP contribution in [-0.2, 0) is 4.79 Å². The Bertz CT molecular complexity index is 1020. The molecule has 0 heterocycles. The number of rotatable bonds is 8. The number of benzene rings is 3. The van der Waals surface area contributed by atoms with E-state index in [1.807, 2.05) is 24.3 Å². The maximum absolute atomic E-state index is 12.0. The van der Waals surface area contributed by atoms with Crippen molar-refractivity contribution in [3.05, 3.63) is 90.0 Å². The average Bonchev–Trinajstić information content (AvgIpc) is 2.79. The van der Waals surface area contributed by atoms with E-state index < -0.39 is 5.97 Å². The van der Waals surface area contributed by atoms with E-state index in [2.05, 4.69) is 15.8 Å². The number of carbonyl (C=O) groups is 2. The van der Waals surface area contributed by atoms with Gasteiger partial charge in [0.2, 0.25) is 0 Å². The summed E-state index contributed by atoms with van der Waals surface area (Å²) in [5.74, 6) is 0.352. The highest BCUT2D eigenvalue weighted by Crippen LogP contribution is 2.22. The number of hydrogen-bond acceptors (Lipinski definition) is 6. The number of esters is 1. The normalized spacial score (nSPS) is 10.4. The summed E-state index contributed by atoms with van der Waals surface area (Å²) in [7, 11) is 1.57. The first-order chi connectivity index (χ1) is 14.7. The van der Waals surface area contributed by atoms with Gasteiger partial charge in [-0.05, 0) is 54.1 Å². The summed E-state index contributed by atoms with van der Waals surface area (Å²) in [6.07, 6.45) is 1.50. The minimum atomic E-state index is -0.424. The maximum Gasteiger partial charge on any atom is 0.343 e. The van der Waals surface area contributed by atoms with Gasteiger partial charge in [0.15, 0.2) is 0 Å². The number of hydrazone groups is 1. The van der Waals surface area contributed by atoms with Gasteiger partial charge in [-0.15, -0.1) is 0 Å². The molecule has 0 saturated carbocycles. The molecular formula is C23H21N3O4. The van der Waals surface area contributed by atoms with Crippen LogP contribution in [0, 0.1) is 0 Å². The SMILES string of the molecule is COc1ccccc1NCC(=O)N/N=C/c1ccc(OC(=O)c2ccccc2)cc1. The number of amides is 1. The van der Waals surface area contributed by atoms with Gasteiger partial charge in [0.1, 0.15) is 11.5 Å². The molecule has 7 heteroatoms. The lowest BCUT2D eigenvalue weighted by atomic mass is 10.2. The van der Waals surface area contributed by atoms with Crippen LogP contribution in [0.25, 0.3) is 0 Å². The quantitative estimate of drug-likeness (QED) is 0.260. The summed E-state index contributed by atoms with van der Waals surface area (Å²) in [5.41, 5.74) is 4.39. The minimum absolute atomic E-state index is 0.0477. The first-order valence-corrected chi connectivity index (χ1v) is 9.22.